The molecule has 1 aromatic carbocycles. The molecule has 0 radical (unpaired) electrons. The zero-order valence-electron chi connectivity index (χ0n) is 10.5. The average molecular weight is 283 g/mol. The predicted octanol–water partition coefficient (Wildman–Crippen LogP) is -0.312. The lowest BCUT2D eigenvalue weighted by Crippen LogP contribution is -2.49. The van der Waals surface area contributed by atoms with Crippen molar-refractivity contribution in [3.63, 3.8) is 0 Å². The highest BCUT2D eigenvalue weighted by Crippen LogP contribution is 2.31. The second-order valence-electron chi connectivity index (χ2n) is 4.60. The number of carbonyl (C=O) groups excluding carboxylic acids is 2. The first kappa shape index (κ1) is 13.9. The van der Waals surface area contributed by atoms with Gasteiger partial charge in [0.25, 0.3) is 0 Å². The van der Waals surface area contributed by atoms with Crippen molar-refractivity contribution < 1.29 is 23.1 Å². The minimum atomic E-state index is -3.88. The molecule has 1 aromatic rings. The molecule has 0 spiro atoms. The van der Waals surface area contributed by atoms with Gasteiger partial charge in [0.1, 0.15) is 5.75 Å². The number of benzene rings is 1. The third-order valence-electron chi connectivity index (χ3n) is 3.12. The van der Waals surface area contributed by atoms with Gasteiger partial charge >= 0.3 is 0 Å². The zero-order valence-corrected chi connectivity index (χ0v) is 11.3. The van der Waals surface area contributed by atoms with Crippen molar-refractivity contribution in [2.75, 3.05) is 19.8 Å². The van der Waals surface area contributed by atoms with E-state index in [2.05, 4.69) is 0 Å². The van der Waals surface area contributed by atoms with Gasteiger partial charge < -0.3 is 5.11 Å². The maximum Gasteiger partial charge on any atom is 0.217 e. The quantitative estimate of drug-likeness (QED) is 0.768. The molecule has 0 amide bonds. The Morgan fingerprint density at radius 3 is 1.89 bits per heavy atom. The number of rotatable bonds is 3. The smallest absolute Gasteiger partial charge is 0.217 e. The van der Waals surface area contributed by atoms with Gasteiger partial charge in [-0.05, 0) is 0 Å². The van der Waals surface area contributed by atoms with Crippen LogP contribution in [-0.4, -0.2) is 54.8 Å². The molecule has 1 N–H and O–H groups in total. The van der Waals surface area contributed by atoms with Crippen LogP contribution < -0.4 is 0 Å². The Balaban J connectivity index is 2.49. The van der Waals surface area contributed by atoms with Crippen molar-refractivity contribution in [1.82, 2.24) is 4.31 Å². The summed E-state index contributed by atoms with van der Waals surface area (Å²) in [5, 5.41) is 10.2. The van der Waals surface area contributed by atoms with Crippen LogP contribution in [0.15, 0.2) is 24.3 Å². The molecule has 0 atom stereocenters. The third-order valence-corrected chi connectivity index (χ3v) is 5.01. The molecular weight excluding hydrogens is 270 g/mol. The average Bonchev–Trinajstić information content (AvgIpc) is 2.52. The summed E-state index contributed by atoms with van der Waals surface area (Å²) in [6, 6.07) is 5.90. The summed E-state index contributed by atoms with van der Waals surface area (Å²) in [5.74, 6) is -2.67. The van der Waals surface area contributed by atoms with E-state index in [9.17, 15) is 23.1 Å². The van der Waals surface area contributed by atoms with Crippen LogP contribution in [0.25, 0.3) is 0 Å². The first-order valence-corrected chi connectivity index (χ1v) is 7.12. The summed E-state index contributed by atoms with van der Waals surface area (Å²) >= 11 is 0. The SMILES string of the molecule is CN(C)S(=O)(=O)CC1(O)C(=O)c2ccccc2C1=O. The summed E-state index contributed by atoms with van der Waals surface area (Å²) in [5.41, 5.74) is -2.40. The Labute approximate surface area is 110 Å². The van der Waals surface area contributed by atoms with E-state index >= 15 is 0 Å². The van der Waals surface area contributed by atoms with Crippen molar-refractivity contribution in [1.29, 1.82) is 0 Å². The Bertz CT molecular complexity index is 627. The number of carbonyl (C=O) groups is 2. The van der Waals surface area contributed by atoms with Crippen LogP contribution in [-0.2, 0) is 10.0 Å². The predicted molar refractivity (Wildman–Crippen MR) is 67.5 cm³/mol. The van der Waals surface area contributed by atoms with Gasteiger partial charge in [-0.1, -0.05) is 24.3 Å². The molecule has 102 valence electrons. The van der Waals surface area contributed by atoms with E-state index in [1.54, 1.807) is 12.1 Å². The van der Waals surface area contributed by atoms with E-state index < -0.39 is 32.9 Å². The molecule has 0 saturated heterocycles. The van der Waals surface area contributed by atoms with Crippen LogP contribution in [0, 0.1) is 0 Å². The van der Waals surface area contributed by atoms with Crippen LogP contribution in [0.4, 0.5) is 0 Å². The van der Waals surface area contributed by atoms with Gasteiger partial charge in [-0.2, -0.15) is 0 Å². The Morgan fingerprint density at radius 1 is 1.11 bits per heavy atom. The van der Waals surface area contributed by atoms with Crippen LogP contribution >= 0.6 is 0 Å². The standard InChI is InChI=1S/C12H13NO5S/c1-13(2)19(17,18)7-12(16)10(14)8-5-3-4-6-9(8)11(12)15/h3-6,16H,7H2,1-2H3. The van der Waals surface area contributed by atoms with Crippen molar-refractivity contribution in [2.24, 2.45) is 0 Å². The fourth-order valence-corrected chi connectivity index (χ4v) is 3.00. The molecule has 0 unspecified atom stereocenters. The molecule has 0 heterocycles. The number of sulfonamides is 1. The maximum atomic E-state index is 12.1. The highest BCUT2D eigenvalue weighted by molar-refractivity contribution is 7.89. The molecule has 7 heteroatoms. The van der Waals surface area contributed by atoms with Gasteiger partial charge in [0.05, 0.1) is 0 Å². The van der Waals surface area contributed by atoms with Crippen LogP contribution in [0.3, 0.4) is 0 Å². The van der Waals surface area contributed by atoms with Crippen LogP contribution in [0.5, 0.6) is 0 Å². The molecule has 2 rings (SSSR count). The minimum absolute atomic E-state index is 0.0592. The van der Waals surface area contributed by atoms with Crippen molar-refractivity contribution in [3.8, 4) is 0 Å². The summed E-state index contributed by atoms with van der Waals surface area (Å²) in [6.45, 7) is 0. The van der Waals surface area contributed by atoms with Gasteiger partial charge in [-0.3, -0.25) is 9.59 Å². The summed E-state index contributed by atoms with van der Waals surface area (Å²) in [4.78, 5) is 24.2. The lowest BCUT2D eigenvalue weighted by atomic mass is 10.0. The number of hydrogen-bond donors (Lipinski definition) is 1. The van der Waals surface area contributed by atoms with Crippen molar-refractivity contribution in [2.45, 2.75) is 5.60 Å². The largest absolute Gasteiger partial charge is 0.373 e. The fraction of sp³-hybridized carbons (Fsp3) is 0.333. The van der Waals surface area contributed by atoms with Crippen LogP contribution in [0.2, 0.25) is 0 Å². The van der Waals surface area contributed by atoms with Crippen LogP contribution in [0.1, 0.15) is 20.7 Å². The van der Waals surface area contributed by atoms with E-state index in [1.165, 1.54) is 26.2 Å². The van der Waals surface area contributed by atoms with E-state index in [0.717, 1.165) is 4.31 Å². The topological polar surface area (TPSA) is 91.8 Å². The molecule has 0 aliphatic heterocycles. The number of Topliss-reactive ketones (excluding diaryl/α,β-unsaturated/α-hetero) is 2. The summed E-state index contributed by atoms with van der Waals surface area (Å²) in [6.07, 6.45) is 0. The second kappa shape index (κ2) is 4.22. The van der Waals surface area contributed by atoms with Gasteiger partial charge in [0.2, 0.25) is 27.2 Å². The molecule has 1 aliphatic carbocycles. The van der Waals surface area contributed by atoms with Gasteiger partial charge in [-0.25, -0.2) is 12.7 Å². The van der Waals surface area contributed by atoms with Gasteiger partial charge in [0, 0.05) is 25.2 Å². The van der Waals surface area contributed by atoms with E-state index in [1.807, 2.05) is 0 Å². The highest BCUT2D eigenvalue weighted by atomic mass is 32.2. The molecule has 0 aromatic heterocycles. The summed E-state index contributed by atoms with van der Waals surface area (Å²) in [7, 11) is -1.33. The molecule has 6 nitrogen and oxygen atoms in total. The Kier molecular flexibility index (Phi) is 3.08. The number of nitrogens with zero attached hydrogens (tertiary/aromatic N) is 1. The van der Waals surface area contributed by atoms with E-state index in [-0.39, 0.29) is 11.1 Å². The Morgan fingerprint density at radius 2 is 1.53 bits per heavy atom. The normalized spacial score (nSPS) is 17.9. The lowest BCUT2D eigenvalue weighted by molar-refractivity contribution is 0.0404. The van der Waals surface area contributed by atoms with Crippen molar-refractivity contribution >= 4 is 21.6 Å². The number of hydrogen-bond acceptors (Lipinski definition) is 5. The molecule has 0 bridgehead atoms. The van der Waals surface area contributed by atoms with E-state index in [4.69, 9.17) is 0 Å². The summed E-state index contributed by atoms with van der Waals surface area (Å²) < 4.78 is 24.5. The number of aliphatic hydroxyl groups is 1. The number of ketones is 2. The Hall–Kier alpha value is -1.57. The van der Waals surface area contributed by atoms with Crippen molar-refractivity contribution in [3.05, 3.63) is 35.4 Å². The fourth-order valence-electron chi connectivity index (χ4n) is 1.95. The van der Waals surface area contributed by atoms with Gasteiger partial charge in [0.15, 0.2) is 0 Å². The third kappa shape index (κ3) is 1.99. The number of fused-ring (bicyclic) bond motifs is 1. The lowest BCUT2D eigenvalue weighted by Gasteiger charge is -2.21. The molecule has 19 heavy (non-hydrogen) atoms. The van der Waals surface area contributed by atoms with E-state index in [0.29, 0.717) is 0 Å². The zero-order chi connectivity index (χ0) is 14.4. The first-order chi connectivity index (χ1) is 8.70. The minimum Gasteiger partial charge on any atom is -0.373 e. The second-order valence-corrected chi connectivity index (χ2v) is 6.79. The molecule has 0 fully saturated rings. The first-order valence-electron chi connectivity index (χ1n) is 5.51. The molecular formula is C12H13NO5S. The monoisotopic (exact) mass is 283 g/mol. The highest BCUT2D eigenvalue weighted by Gasteiger charge is 2.54. The maximum absolute atomic E-state index is 12.1. The molecule has 1 aliphatic rings. The van der Waals surface area contributed by atoms with Gasteiger partial charge in [-0.15, -0.1) is 0 Å². The molecule has 0 saturated carbocycles.